The molecule has 0 saturated carbocycles. The Morgan fingerprint density at radius 1 is 0.643 bits per heavy atom. The van der Waals surface area contributed by atoms with Crippen LogP contribution in [0.2, 0.25) is 0 Å². The molecule has 0 spiro atoms. The highest BCUT2D eigenvalue weighted by molar-refractivity contribution is 5.69. The minimum atomic E-state index is -0.116. The minimum Gasteiger partial charge on any atom is -0.463 e. The molecule has 28 heavy (non-hydrogen) atoms. The van der Waals surface area contributed by atoms with Gasteiger partial charge in [0.1, 0.15) is 0 Å². The Balaban J connectivity index is 3.22. The molecule has 0 N–H and O–H groups in total. The average molecular weight is 403 g/mol. The molecular weight excluding hydrogens is 356 g/mol. The lowest BCUT2D eigenvalue weighted by atomic mass is 10.1. The second-order valence-corrected chi connectivity index (χ2v) is 7.50. The molecule has 5 heteroatoms. The highest BCUT2D eigenvalue weighted by Gasteiger charge is 2.09. The van der Waals surface area contributed by atoms with E-state index in [4.69, 9.17) is 18.9 Å². The first-order valence-electron chi connectivity index (χ1n) is 11.6. The first-order chi connectivity index (χ1) is 13.7. The topological polar surface area (TPSA) is 54.0 Å². The number of esters is 1. The molecule has 0 saturated heterocycles. The fraction of sp³-hybridized carbons (Fsp3) is 0.957. The lowest BCUT2D eigenvalue weighted by molar-refractivity contribution is -0.149. The SMILES string of the molecule is CCCCCCCOCCOCCOCCCC(=O)OC(C)CCCCCC. The number of hydrogen-bond acceptors (Lipinski definition) is 5. The van der Waals surface area contributed by atoms with Crippen molar-refractivity contribution >= 4 is 5.97 Å². The van der Waals surface area contributed by atoms with Gasteiger partial charge in [-0.2, -0.15) is 0 Å². The molecule has 1 unspecified atom stereocenters. The van der Waals surface area contributed by atoms with E-state index in [1.807, 2.05) is 6.92 Å². The summed E-state index contributed by atoms with van der Waals surface area (Å²) in [6.07, 6.45) is 13.3. The normalized spacial score (nSPS) is 12.2. The van der Waals surface area contributed by atoms with Crippen LogP contribution in [0.5, 0.6) is 0 Å². The second-order valence-electron chi connectivity index (χ2n) is 7.50. The van der Waals surface area contributed by atoms with Crippen molar-refractivity contribution < 1.29 is 23.7 Å². The number of hydrogen-bond donors (Lipinski definition) is 0. The molecular formula is C23H46O5. The highest BCUT2D eigenvalue weighted by Crippen LogP contribution is 2.09. The van der Waals surface area contributed by atoms with E-state index in [0.29, 0.717) is 45.9 Å². The second kappa shape index (κ2) is 22.6. The molecule has 0 heterocycles. The predicted octanol–water partition coefficient (Wildman–Crippen LogP) is 5.69. The maximum absolute atomic E-state index is 11.8. The maximum atomic E-state index is 11.8. The number of ether oxygens (including phenoxy) is 4. The summed E-state index contributed by atoms with van der Waals surface area (Å²) >= 11 is 0. The van der Waals surface area contributed by atoms with E-state index in [2.05, 4.69) is 13.8 Å². The summed E-state index contributed by atoms with van der Waals surface area (Å²) in [6.45, 7) is 10.2. The van der Waals surface area contributed by atoms with Crippen molar-refractivity contribution in [2.24, 2.45) is 0 Å². The van der Waals surface area contributed by atoms with E-state index in [-0.39, 0.29) is 12.1 Å². The predicted molar refractivity (Wildman–Crippen MR) is 115 cm³/mol. The van der Waals surface area contributed by atoms with Crippen molar-refractivity contribution in [3.63, 3.8) is 0 Å². The summed E-state index contributed by atoms with van der Waals surface area (Å²) in [5, 5.41) is 0. The molecule has 0 rings (SSSR count). The van der Waals surface area contributed by atoms with Gasteiger partial charge in [0.25, 0.3) is 0 Å². The molecule has 0 aromatic carbocycles. The number of carbonyl (C=O) groups excluding carboxylic acids is 1. The summed E-state index contributed by atoms with van der Waals surface area (Å²) in [5.41, 5.74) is 0. The van der Waals surface area contributed by atoms with Crippen LogP contribution in [0, 0.1) is 0 Å². The van der Waals surface area contributed by atoms with Gasteiger partial charge >= 0.3 is 5.97 Å². The van der Waals surface area contributed by atoms with Crippen molar-refractivity contribution in [3.8, 4) is 0 Å². The van der Waals surface area contributed by atoms with Crippen molar-refractivity contribution in [2.45, 2.75) is 104 Å². The summed E-state index contributed by atoms with van der Waals surface area (Å²) in [4.78, 5) is 11.8. The zero-order chi connectivity index (χ0) is 20.7. The van der Waals surface area contributed by atoms with Crippen molar-refractivity contribution in [2.75, 3.05) is 39.6 Å². The molecule has 0 aliphatic heterocycles. The third-order valence-electron chi connectivity index (χ3n) is 4.60. The molecule has 168 valence electrons. The zero-order valence-corrected chi connectivity index (χ0v) is 18.8. The van der Waals surface area contributed by atoms with Gasteiger partial charge in [0.15, 0.2) is 0 Å². The zero-order valence-electron chi connectivity index (χ0n) is 18.8. The molecule has 0 aromatic rings. The molecule has 0 amide bonds. The van der Waals surface area contributed by atoms with Crippen molar-refractivity contribution in [1.29, 1.82) is 0 Å². The van der Waals surface area contributed by atoms with Crippen LogP contribution in [0.1, 0.15) is 97.8 Å². The molecule has 0 aromatic heterocycles. The smallest absolute Gasteiger partial charge is 0.306 e. The maximum Gasteiger partial charge on any atom is 0.306 e. The van der Waals surface area contributed by atoms with E-state index < -0.39 is 0 Å². The first kappa shape index (κ1) is 27.4. The molecule has 0 radical (unpaired) electrons. The fourth-order valence-corrected chi connectivity index (χ4v) is 2.87. The Labute approximate surface area is 173 Å². The van der Waals surface area contributed by atoms with Crippen LogP contribution in [0.3, 0.4) is 0 Å². The van der Waals surface area contributed by atoms with Crippen LogP contribution >= 0.6 is 0 Å². The molecule has 1 atom stereocenters. The van der Waals surface area contributed by atoms with Gasteiger partial charge in [0.2, 0.25) is 0 Å². The average Bonchev–Trinajstić information content (AvgIpc) is 2.68. The summed E-state index contributed by atoms with van der Waals surface area (Å²) in [7, 11) is 0. The van der Waals surface area contributed by atoms with Crippen LogP contribution in [-0.4, -0.2) is 51.7 Å². The largest absolute Gasteiger partial charge is 0.463 e. The first-order valence-corrected chi connectivity index (χ1v) is 11.6. The van der Waals surface area contributed by atoms with Gasteiger partial charge < -0.3 is 18.9 Å². The van der Waals surface area contributed by atoms with Gasteiger partial charge in [-0.1, -0.05) is 58.8 Å². The lowest BCUT2D eigenvalue weighted by Gasteiger charge is -2.13. The van der Waals surface area contributed by atoms with Gasteiger partial charge in [-0.05, 0) is 32.6 Å². The van der Waals surface area contributed by atoms with E-state index >= 15 is 0 Å². The highest BCUT2D eigenvalue weighted by atomic mass is 16.5. The minimum absolute atomic E-state index is 0.0252. The van der Waals surface area contributed by atoms with Crippen LogP contribution in [0.15, 0.2) is 0 Å². The Bertz CT molecular complexity index is 322. The quantitative estimate of drug-likeness (QED) is 0.172. The number of unbranched alkanes of at least 4 members (excludes halogenated alkanes) is 7. The van der Waals surface area contributed by atoms with Crippen LogP contribution in [-0.2, 0) is 23.7 Å². The molecule has 0 fully saturated rings. The Kier molecular flexibility index (Phi) is 22.1. The monoisotopic (exact) mass is 402 g/mol. The lowest BCUT2D eigenvalue weighted by Crippen LogP contribution is -2.15. The number of carbonyl (C=O) groups is 1. The van der Waals surface area contributed by atoms with Gasteiger partial charge in [-0.15, -0.1) is 0 Å². The summed E-state index contributed by atoms with van der Waals surface area (Å²) in [5.74, 6) is -0.116. The Morgan fingerprint density at radius 3 is 1.75 bits per heavy atom. The summed E-state index contributed by atoms with van der Waals surface area (Å²) < 4.78 is 21.9. The van der Waals surface area contributed by atoms with Gasteiger partial charge in [-0.3, -0.25) is 4.79 Å². The van der Waals surface area contributed by atoms with E-state index in [1.165, 1.54) is 44.9 Å². The number of rotatable bonds is 22. The third kappa shape index (κ3) is 21.6. The Morgan fingerprint density at radius 2 is 1.14 bits per heavy atom. The summed E-state index contributed by atoms with van der Waals surface area (Å²) in [6, 6.07) is 0. The fourth-order valence-electron chi connectivity index (χ4n) is 2.87. The van der Waals surface area contributed by atoms with E-state index in [1.54, 1.807) is 0 Å². The standard InChI is InChI=1S/C23H46O5/c1-4-6-8-10-12-16-25-18-20-27-21-19-26-17-13-15-23(24)28-22(3)14-11-9-7-5-2/h22H,4-21H2,1-3H3. The molecule has 5 nitrogen and oxygen atoms in total. The van der Waals surface area contributed by atoms with Gasteiger partial charge in [0.05, 0.1) is 32.5 Å². The van der Waals surface area contributed by atoms with Gasteiger partial charge in [-0.25, -0.2) is 0 Å². The van der Waals surface area contributed by atoms with Crippen molar-refractivity contribution in [3.05, 3.63) is 0 Å². The van der Waals surface area contributed by atoms with Gasteiger partial charge in [0, 0.05) is 19.6 Å². The molecule has 0 aliphatic carbocycles. The van der Waals surface area contributed by atoms with E-state index in [0.717, 1.165) is 25.9 Å². The van der Waals surface area contributed by atoms with E-state index in [9.17, 15) is 4.79 Å². The third-order valence-corrected chi connectivity index (χ3v) is 4.60. The van der Waals surface area contributed by atoms with Crippen molar-refractivity contribution in [1.82, 2.24) is 0 Å². The Hall–Kier alpha value is -0.650. The van der Waals surface area contributed by atoms with Crippen LogP contribution < -0.4 is 0 Å². The van der Waals surface area contributed by atoms with Crippen LogP contribution in [0.4, 0.5) is 0 Å². The van der Waals surface area contributed by atoms with Crippen LogP contribution in [0.25, 0.3) is 0 Å². The molecule has 0 bridgehead atoms. The molecule has 0 aliphatic rings.